The lowest BCUT2D eigenvalue weighted by molar-refractivity contribution is 0.199. The summed E-state index contributed by atoms with van der Waals surface area (Å²) in [6, 6.07) is 3.88. The first-order valence-corrected chi connectivity index (χ1v) is 6.09. The van der Waals surface area contributed by atoms with Gasteiger partial charge in [-0.2, -0.15) is 0 Å². The number of anilines is 1. The van der Waals surface area contributed by atoms with Crippen LogP contribution in [0.1, 0.15) is 38.4 Å². The van der Waals surface area contributed by atoms with Crippen molar-refractivity contribution in [1.29, 1.82) is 0 Å². The van der Waals surface area contributed by atoms with Crippen molar-refractivity contribution in [3.63, 3.8) is 0 Å². The van der Waals surface area contributed by atoms with E-state index in [9.17, 15) is 5.11 Å². The summed E-state index contributed by atoms with van der Waals surface area (Å²) in [6.45, 7) is 6.23. The summed E-state index contributed by atoms with van der Waals surface area (Å²) in [5, 5.41) is 9.54. The highest BCUT2D eigenvalue weighted by Crippen LogP contribution is 2.25. The van der Waals surface area contributed by atoms with Crippen LogP contribution >= 0.6 is 0 Å². The number of rotatable bonds is 3. The molecule has 2 heterocycles. The first-order valence-electron chi connectivity index (χ1n) is 6.09. The van der Waals surface area contributed by atoms with Gasteiger partial charge in [0.05, 0.1) is 6.10 Å². The average molecular weight is 220 g/mol. The predicted molar refractivity (Wildman–Crippen MR) is 65.5 cm³/mol. The van der Waals surface area contributed by atoms with Gasteiger partial charge in [-0.05, 0) is 37.0 Å². The van der Waals surface area contributed by atoms with Gasteiger partial charge < -0.3 is 10.0 Å². The van der Waals surface area contributed by atoms with Crippen molar-refractivity contribution >= 4 is 5.82 Å². The highest BCUT2D eigenvalue weighted by molar-refractivity contribution is 5.42. The molecular weight excluding hydrogens is 200 g/mol. The molecule has 0 radical (unpaired) electrons. The first-order chi connectivity index (χ1) is 7.70. The van der Waals surface area contributed by atoms with Crippen molar-refractivity contribution in [2.45, 2.75) is 32.8 Å². The van der Waals surface area contributed by atoms with Crippen LogP contribution in [0.3, 0.4) is 0 Å². The van der Waals surface area contributed by atoms with Crippen LogP contribution in [0.25, 0.3) is 0 Å². The third-order valence-electron chi connectivity index (χ3n) is 3.44. The third-order valence-corrected chi connectivity index (χ3v) is 3.44. The fourth-order valence-electron chi connectivity index (χ4n) is 2.24. The molecule has 1 aliphatic heterocycles. The fraction of sp³-hybridized carbons (Fsp3) is 0.615. The summed E-state index contributed by atoms with van der Waals surface area (Å²) in [6.07, 6.45) is 3.88. The van der Waals surface area contributed by atoms with Gasteiger partial charge >= 0.3 is 0 Å². The molecule has 88 valence electrons. The Bertz CT molecular complexity index is 352. The van der Waals surface area contributed by atoms with Gasteiger partial charge in [-0.25, -0.2) is 4.98 Å². The van der Waals surface area contributed by atoms with Gasteiger partial charge in [-0.1, -0.05) is 13.3 Å². The first kappa shape index (κ1) is 11.4. The second-order valence-electron chi connectivity index (χ2n) is 4.63. The van der Waals surface area contributed by atoms with E-state index in [0.717, 1.165) is 30.4 Å². The second-order valence-corrected chi connectivity index (χ2v) is 4.63. The average Bonchev–Trinajstić information content (AvgIpc) is 2.77. The molecule has 16 heavy (non-hydrogen) atoms. The number of hydrogen-bond donors (Lipinski definition) is 1. The summed E-state index contributed by atoms with van der Waals surface area (Å²) in [4.78, 5) is 6.71. The standard InChI is InChI=1S/C13H20N2O/c1-3-11-5-7-15(9-11)13-8-12(10(2)16)4-6-14-13/h4,6,8,10-11,16H,3,5,7,9H2,1-2H3/t10-,11?/m0/s1. The van der Waals surface area contributed by atoms with E-state index in [2.05, 4.69) is 16.8 Å². The normalized spacial score (nSPS) is 22.4. The van der Waals surface area contributed by atoms with E-state index in [-0.39, 0.29) is 0 Å². The van der Waals surface area contributed by atoms with E-state index >= 15 is 0 Å². The van der Waals surface area contributed by atoms with E-state index < -0.39 is 6.10 Å². The molecule has 3 heteroatoms. The molecule has 1 aromatic heterocycles. The van der Waals surface area contributed by atoms with Gasteiger partial charge in [-0.15, -0.1) is 0 Å². The Morgan fingerprint density at radius 3 is 3.06 bits per heavy atom. The summed E-state index contributed by atoms with van der Waals surface area (Å²) in [5.41, 5.74) is 0.949. The molecule has 1 aromatic rings. The lowest BCUT2D eigenvalue weighted by Crippen LogP contribution is -2.20. The molecule has 1 fully saturated rings. The van der Waals surface area contributed by atoms with Gasteiger partial charge in [0.25, 0.3) is 0 Å². The fourth-order valence-corrected chi connectivity index (χ4v) is 2.24. The lowest BCUT2D eigenvalue weighted by atomic mass is 10.1. The molecule has 2 atom stereocenters. The van der Waals surface area contributed by atoms with Crippen LogP contribution in [0.15, 0.2) is 18.3 Å². The van der Waals surface area contributed by atoms with Crippen LogP contribution < -0.4 is 4.90 Å². The maximum atomic E-state index is 9.54. The number of aliphatic hydroxyl groups excluding tert-OH is 1. The van der Waals surface area contributed by atoms with Crippen LogP contribution in [-0.2, 0) is 0 Å². The molecule has 1 aliphatic rings. The molecule has 0 spiro atoms. The van der Waals surface area contributed by atoms with Crippen molar-refractivity contribution in [3.8, 4) is 0 Å². The smallest absolute Gasteiger partial charge is 0.128 e. The Morgan fingerprint density at radius 1 is 1.62 bits per heavy atom. The number of nitrogens with zero attached hydrogens (tertiary/aromatic N) is 2. The molecule has 0 saturated carbocycles. The molecule has 1 saturated heterocycles. The third kappa shape index (κ3) is 2.35. The van der Waals surface area contributed by atoms with Gasteiger partial charge in [0.1, 0.15) is 5.82 Å². The molecule has 0 amide bonds. The van der Waals surface area contributed by atoms with Gasteiger partial charge in [0.2, 0.25) is 0 Å². The maximum Gasteiger partial charge on any atom is 0.128 e. The maximum absolute atomic E-state index is 9.54. The topological polar surface area (TPSA) is 36.4 Å². The SMILES string of the molecule is CCC1CCN(c2cc([C@H](C)O)ccn2)C1. The minimum atomic E-state index is -0.411. The largest absolute Gasteiger partial charge is 0.389 e. The number of pyridine rings is 1. The van der Waals surface area contributed by atoms with Gasteiger partial charge in [0.15, 0.2) is 0 Å². The highest BCUT2D eigenvalue weighted by atomic mass is 16.3. The van der Waals surface area contributed by atoms with E-state index in [4.69, 9.17) is 0 Å². The molecule has 0 bridgehead atoms. The van der Waals surface area contributed by atoms with Gasteiger partial charge in [-0.3, -0.25) is 0 Å². The van der Waals surface area contributed by atoms with Crippen LogP contribution in [0, 0.1) is 5.92 Å². The van der Waals surface area contributed by atoms with Crippen LogP contribution in [0.2, 0.25) is 0 Å². The predicted octanol–water partition coefficient (Wildman–Crippen LogP) is 2.37. The Hall–Kier alpha value is -1.09. The van der Waals surface area contributed by atoms with Gasteiger partial charge in [0, 0.05) is 19.3 Å². The lowest BCUT2D eigenvalue weighted by Gasteiger charge is -2.18. The minimum Gasteiger partial charge on any atom is -0.389 e. The van der Waals surface area contributed by atoms with Crippen LogP contribution in [0.5, 0.6) is 0 Å². The Labute approximate surface area is 97.1 Å². The Balaban J connectivity index is 2.12. The number of aliphatic hydroxyl groups is 1. The second kappa shape index (κ2) is 4.83. The zero-order valence-electron chi connectivity index (χ0n) is 10.1. The summed E-state index contributed by atoms with van der Waals surface area (Å²) < 4.78 is 0. The van der Waals surface area contributed by atoms with Crippen LogP contribution in [0.4, 0.5) is 5.82 Å². The molecule has 1 unspecified atom stereocenters. The molecule has 0 aliphatic carbocycles. The van der Waals surface area contributed by atoms with Crippen molar-refractivity contribution in [3.05, 3.63) is 23.9 Å². The van der Waals surface area contributed by atoms with Crippen molar-refractivity contribution in [1.82, 2.24) is 4.98 Å². The number of hydrogen-bond acceptors (Lipinski definition) is 3. The summed E-state index contributed by atoms with van der Waals surface area (Å²) in [7, 11) is 0. The van der Waals surface area contributed by atoms with Crippen molar-refractivity contribution in [2.75, 3.05) is 18.0 Å². The molecule has 1 N–H and O–H groups in total. The van der Waals surface area contributed by atoms with E-state index in [1.807, 2.05) is 12.1 Å². The monoisotopic (exact) mass is 220 g/mol. The molecule has 2 rings (SSSR count). The number of aromatic nitrogens is 1. The molecule has 0 aromatic carbocycles. The Morgan fingerprint density at radius 2 is 2.44 bits per heavy atom. The summed E-state index contributed by atoms with van der Waals surface area (Å²) in [5.74, 6) is 1.81. The molecule has 3 nitrogen and oxygen atoms in total. The zero-order chi connectivity index (χ0) is 11.5. The quantitative estimate of drug-likeness (QED) is 0.849. The van der Waals surface area contributed by atoms with E-state index in [1.165, 1.54) is 12.8 Å². The molecular formula is C13H20N2O. The highest BCUT2D eigenvalue weighted by Gasteiger charge is 2.22. The minimum absolute atomic E-state index is 0.411. The zero-order valence-corrected chi connectivity index (χ0v) is 10.1. The van der Waals surface area contributed by atoms with Crippen molar-refractivity contribution in [2.24, 2.45) is 5.92 Å². The van der Waals surface area contributed by atoms with Crippen LogP contribution in [-0.4, -0.2) is 23.2 Å². The van der Waals surface area contributed by atoms with Crippen molar-refractivity contribution < 1.29 is 5.11 Å². The summed E-state index contributed by atoms with van der Waals surface area (Å²) >= 11 is 0. The van der Waals surface area contributed by atoms with E-state index in [1.54, 1.807) is 13.1 Å². The van der Waals surface area contributed by atoms with E-state index in [0.29, 0.717) is 0 Å². The Kier molecular flexibility index (Phi) is 3.44.